The Morgan fingerprint density at radius 2 is 1.75 bits per heavy atom. The molecule has 0 N–H and O–H groups in total. The lowest BCUT2D eigenvalue weighted by atomic mass is 10.2. The minimum Gasteiger partial charge on any atom is -0.423 e. The van der Waals surface area contributed by atoms with Crippen molar-refractivity contribution in [1.29, 1.82) is 0 Å². The summed E-state index contributed by atoms with van der Waals surface area (Å²) in [5, 5.41) is 0.0360. The van der Waals surface area contributed by atoms with Crippen LogP contribution in [0.5, 0.6) is 5.75 Å². The second-order valence-corrected chi connectivity index (χ2v) is 6.54. The molecule has 2 rings (SSSR count). The van der Waals surface area contributed by atoms with Crippen LogP contribution in [0, 0.1) is 0 Å². The Bertz CT molecular complexity index is 739. The van der Waals surface area contributed by atoms with E-state index < -0.39 is 15.8 Å². The number of halogens is 1. The molecule has 0 aromatic heterocycles. The van der Waals surface area contributed by atoms with E-state index in [-0.39, 0.29) is 15.5 Å². The van der Waals surface area contributed by atoms with Crippen molar-refractivity contribution >= 4 is 27.4 Å². The van der Waals surface area contributed by atoms with Crippen LogP contribution in [0.2, 0.25) is 5.02 Å². The molecule has 0 heterocycles. The summed E-state index contributed by atoms with van der Waals surface area (Å²) in [4.78, 5) is 12.0. The molecule has 104 valence electrons. The third-order valence-corrected chi connectivity index (χ3v) is 3.97. The SMILES string of the molecule is CS(=O)(=O)c1ccc(C(=O)Oc2ccccc2)c(Cl)c1. The van der Waals surface area contributed by atoms with E-state index in [2.05, 4.69) is 0 Å². The maximum Gasteiger partial charge on any atom is 0.345 e. The maximum atomic E-state index is 11.9. The number of rotatable bonds is 3. The van der Waals surface area contributed by atoms with Gasteiger partial charge in [0.05, 0.1) is 15.5 Å². The van der Waals surface area contributed by atoms with E-state index in [0.29, 0.717) is 5.75 Å². The molecule has 0 atom stereocenters. The highest BCUT2D eigenvalue weighted by Gasteiger charge is 2.16. The predicted octanol–water partition coefficient (Wildman–Crippen LogP) is 2.96. The van der Waals surface area contributed by atoms with E-state index in [0.717, 1.165) is 6.26 Å². The highest BCUT2D eigenvalue weighted by molar-refractivity contribution is 7.90. The van der Waals surface area contributed by atoms with Gasteiger partial charge in [0, 0.05) is 6.26 Å². The Morgan fingerprint density at radius 1 is 1.10 bits per heavy atom. The number of carbonyl (C=O) groups excluding carboxylic acids is 1. The Kier molecular flexibility index (Phi) is 4.11. The zero-order valence-corrected chi connectivity index (χ0v) is 12.1. The largest absolute Gasteiger partial charge is 0.423 e. The zero-order chi connectivity index (χ0) is 14.8. The Morgan fingerprint density at radius 3 is 2.30 bits per heavy atom. The van der Waals surface area contributed by atoms with Gasteiger partial charge in [-0.15, -0.1) is 0 Å². The van der Waals surface area contributed by atoms with Crippen LogP contribution in [0.4, 0.5) is 0 Å². The van der Waals surface area contributed by atoms with Crippen LogP contribution in [0.15, 0.2) is 53.4 Å². The fourth-order valence-electron chi connectivity index (χ4n) is 1.54. The maximum absolute atomic E-state index is 11.9. The molecular formula is C14H11ClO4S. The number of hydrogen-bond acceptors (Lipinski definition) is 4. The highest BCUT2D eigenvalue weighted by Crippen LogP contribution is 2.22. The van der Waals surface area contributed by atoms with Crippen LogP contribution in [0.1, 0.15) is 10.4 Å². The minimum absolute atomic E-state index is 0.0360. The number of para-hydroxylation sites is 1. The molecule has 0 unspecified atom stereocenters. The van der Waals surface area contributed by atoms with Crippen molar-refractivity contribution in [3.05, 3.63) is 59.1 Å². The van der Waals surface area contributed by atoms with E-state index in [1.165, 1.54) is 18.2 Å². The van der Waals surface area contributed by atoms with Gasteiger partial charge in [0.25, 0.3) is 0 Å². The number of ether oxygens (including phenoxy) is 1. The molecule has 2 aromatic rings. The van der Waals surface area contributed by atoms with Crippen LogP contribution in [-0.4, -0.2) is 20.6 Å². The molecule has 6 heteroatoms. The summed E-state index contributed by atoms with van der Waals surface area (Å²) >= 11 is 5.93. The normalized spacial score (nSPS) is 11.1. The van der Waals surface area contributed by atoms with Gasteiger partial charge >= 0.3 is 5.97 Å². The van der Waals surface area contributed by atoms with E-state index in [1.54, 1.807) is 30.3 Å². The second-order valence-electron chi connectivity index (χ2n) is 4.12. The number of esters is 1. The molecule has 0 aliphatic carbocycles. The monoisotopic (exact) mass is 310 g/mol. The first kappa shape index (κ1) is 14.6. The van der Waals surface area contributed by atoms with Crippen molar-refractivity contribution < 1.29 is 17.9 Å². The topological polar surface area (TPSA) is 60.4 Å². The number of carbonyl (C=O) groups is 1. The van der Waals surface area contributed by atoms with Crippen molar-refractivity contribution in [2.75, 3.05) is 6.26 Å². The van der Waals surface area contributed by atoms with Gasteiger partial charge in [-0.2, -0.15) is 0 Å². The van der Waals surface area contributed by atoms with Gasteiger partial charge in [-0.1, -0.05) is 29.8 Å². The smallest absolute Gasteiger partial charge is 0.345 e. The quantitative estimate of drug-likeness (QED) is 0.646. The van der Waals surface area contributed by atoms with Crippen molar-refractivity contribution in [3.8, 4) is 5.75 Å². The van der Waals surface area contributed by atoms with Gasteiger partial charge in [0.2, 0.25) is 0 Å². The third kappa shape index (κ3) is 3.37. The lowest BCUT2D eigenvalue weighted by Gasteiger charge is -2.07. The lowest BCUT2D eigenvalue weighted by Crippen LogP contribution is -2.09. The molecule has 0 aliphatic heterocycles. The van der Waals surface area contributed by atoms with Crippen LogP contribution >= 0.6 is 11.6 Å². The lowest BCUT2D eigenvalue weighted by molar-refractivity contribution is 0.0735. The third-order valence-electron chi connectivity index (χ3n) is 2.54. The van der Waals surface area contributed by atoms with Gasteiger partial charge in [-0.05, 0) is 30.3 Å². The fourth-order valence-corrected chi connectivity index (χ4v) is 2.51. The minimum atomic E-state index is -3.36. The summed E-state index contributed by atoms with van der Waals surface area (Å²) in [5.41, 5.74) is 0.114. The van der Waals surface area contributed by atoms with Gasteiger partial charge in [-0.25, -0.2) is 13.2 Å². The first-order valence-corrected chi connectivity index (χ1v) is 7.92. The van der Waals surface area contributed by atoms with E-state index in [9.17, 15) is 13.2 Å². The molecular weight excluding hydrogens is 300 g/mol. The summed E-state index contributed by atoms with van der Waals surface area (Å²) < 4.78 is 27.9. The molecule has 0 saturated heterocycles. The summed E-state index contributed by atoms with van der Waals surface area (Å²) in [7, 11) is -3.36. The molecule has 0 saturated carbocycles. The average molecular weight is 311 g/mol. The number of benzene rings is 2. The molecule has 0 spiro atoms. The molecule has 0 bridgehead atoms. The van der Waals surface area contributed by atoms with Gasteiger partial charge in [0.15, 0.2) is 9.84 Å². The molecule has 0 radical (unpaired) electrons. The van der Waals surface area contributed by atoms with Gasteiger partial charge in [-0.3, -0.25) is 0 Å². The summed E-state index contributed by atoms with van der Waals surface area (Å²) in [5.74, 6) is -0.248. The second kappa shape index (κ2) is 5.64. The fraction of sp³-hybridized carbons (Fsp3) is 0.0714. The number of hydrogen-bond donors (Lipinski definition) is 0. The summed E-state index contributed by atoms with van der Waals surface area (Å²) in [6.45, 7) is 0. The Balaban J connectivity index is 2.28. The average Bonchev–Trinajstić information content (AvgIpc) is 2.38. The van der Waals surface area contributed by atoms with Crippen molar-refractivity contribution in [2.45, 2.75) is 4.90 Å². The van der Waals surface area contributed by atoms with Crippen molar-refractivity contribution in [1.82, 2.24) is 0 Å². The first-order chi connectivity index (χ1) is 9.38. The summed E-state index contributed by atoms with van der Waals surface area (Å²) in [6.07, 6.45) is 1.07. The zero-order valence-electron chi connectivity index (χ0n) is 10.5. The van der Waals surface area contributed by atoms with Gasteiger partial charge in [0.1, 0.15) is 5.75 Å². The van der Waals surface area contributed by atoms with E-state index in [4.69, 9.17) is 16.3 Å². The molecule has 2 aromatic carbocycles. The first-order valence-electron chi connectivity index (χ1n) is 5.65. The molecule has 0 fully saturated rings. The standard InChI is InChI=1S/C14H11ClO4S/c1-20(17,18)11-7-8-12(13(15)9-11)14(16)19-10-5-3-2-4-6-10/h2-9H,1H3. The molecule has 20 heavy (non-hydrogen) atoms. The molecule has 0 aliphatic rings. The molecule has 4 nitrogen and oxygen atoms in total. The Labute approximate surface area is 121 Å². The van der Waals surface area contributed by atoms with Gasteiger partial charge < -0.3 is 4.74 Å². The van der Waals surface area contributed by atoms with E-state index in [1.807, 2.05) is 0 Å². The van der Waals surface area contributed by atoms with Crippen molar-refractivity contribution in [3.63, 3.8) is 0 Å². The van der Waals surface area contributed by atoms with Crippen molar-refractivity contribution in [2.24, 2.45) is 0 Å². The van der Waals surface area contributed by atoms with Crippen LogP contribution in [-0.2, 0) is 9.84 Å². The Hall–Kier alpha value is -1.85. The van der Waals surface area contributed by atoms with E-state index >= 15 is 0 Å². The van der Waals surface area contributed by atoms with Crippen LogP contribution < -0.4 is 4.74 Å². The predicted molar refractivity (Wildman–Crippen MR) is 76.0 cm³/mol. The highest BCUT2D eigenvalue weighted by atomic mass is 35.5. The van der Waals surface area contributed by atoms with Crippen LogP contribution in [0.25, 0.3) is 0 Å². The summed E-state index contributed by atoms with van der Waals surface area (Å²) in [6, 6.07) is 12.4. The van der Waals surface area contributed by atoms with Crippen LogP contribution in [0.3, 0.4) is 0 Å². The number of sulfone groups is 1. The molecule has 0 amide bonds.